The van der Waals surface area contributed by atoms with Crippen LogP contribution in [-0.4, -0.2) is 56.7 Å². The molecule has 1 heterocycles. The summed E-state index contributed by atoms with van der Waals surface area (Å²) in [6.07, 6.45) is 12.0. The zero-order valence-corrected chi connectivity index (χ0v) is 33.4. The molecule has 4 fully saturated rings. The lowest BCUT2D eigenvalue weighted by molar-refractivity contribution is -0.232. The number of aliphatic hydroxyl groups is 1. The minimum Gasteiger partial charge on any atom is -0.481 e. The SMILES string of the molecule is CC(C)C1=C2C(CC[C@]3(C)[C@@H]2CC[C@@H]2[C@@]4(C)CC[C@H](OC(=O)CC(C)(C)C(=O)O)C(C)(C)[C@@H]4CC[C@]23C)[C@H]([C@@H](O)CN[C@@H](C)c2cncnc2)C1=O. The average Bonchev–Trinajstić information content (AvgIpc) is 3.37. The van der Waals surface area contributed by atoms with Crippen molar-refractivity contribution in [2.75, 3.05) is 6.54 Å². The Morgan fingerprint density at radius 1 is 0.942 bits per heavy atom. The smallest absolute Gasteiger partial charge is 0.309 e. The van der Waals surface area contributed by atoms with E-state index in [1.807, 2.05) is 6.92 Å². The second-order valence-electron chi connectivity index (χ2n) is 19.7. The topological polar surface area (TPSA) is 139 Å². The number of aliphatic hydroxyl groups excluding tert-OH is 1. The van der Waals surface area contributed by atoms with E-state index < -0.39 is 29.4 Å². The Kier molecular flexibility index (Phi) is 10.2. The molecule has 288 valence electrons. The van der Waals surface area contributed by atoms with Gasteiger partial charge in [0, 0.05) is 36.0 Å². The van der Waals surface area contributed by atoms with Gasteiger partial charge in [-0.05, 0) is 124 Å². The molecule has 0 bridgehead atoms. The summed E-state index contributed by atoms with van der Waals surface area (Å²) in [4.78, 5) is 47.5. The van der Waals surface area contributed by atoms with Crippen LogP contribution in [0, 0.1) is 62.6 Å². The monoisotopic (exact) mass is 719 g/mol. The fourth-order valence-electron chi connectivity index (χ4n) is 13.0. The van der Waals surface area contributed by atoms with Gasteiger partial charge in [0.1, 0.15) is 12.4 Å². The number of allylic oxidation sites excluding steroid dienone is 2. The first-order chi connectivity index (χ1) is 24.2. The van der Waals surface area contributed by atoms with E-state index in [0.717, 1.165) is 62.5 Å². The Morgan fingerprint density at radius 3 is 2.23 bits per heavy atom. The maximum Gasteiger partial charge on any atom is 0.309 e. The van der Waals surface area contributed by atoms with Crippen molar-refractivity contribution in [3.63, 3.8) is 0 Å². The van der Waals surface area contributed by atoms with E-state index in [9.17, 15) is 24.6 Å². The van der Waals surface area contributed by atoms with Crippen LogP contribution in [0.15, 0.2) is 29.9 Å². The van der Waals surface area contributed by atoms with Crippen LogP contribution in [0.5, 0.6) is 0 Å². The highest BCUT2D eigenvalue weighted by Crippen LogP contribution is 2.75. The minimum absolute atomic E-state index is 0.0337. The van der Waals surface area contributed by atoms with Crippen LogP contribution < -0.4 is 5.32 Å². The third-order valence-corrected chi connectivity index (χ3v) is 16.0. The molecular formula is C43H65N3O6. The lowest BCUT2D eigenvalue weighted by atomic mass is 9.33. The first-order valence-corrected chi connectivity index (χ1v) is 20.1. The van der Waals surface area contributed by atoms with Gasteiger partial charge in [-0.25, -0.2) is 9.97 Å². The fourth-order valence-corrected chi connectivity index (χ4v) is 13.0. The number of Topliss-reactive ketones (excluding diaryl/α,β-unsaturated/α-hetero) is 1. The second kappa shape index (κ2) is 13.6. The standard InChI is InChI=1S/C43H65N3O6/c1-24(2)34-35-27(36(37(34)49)29(47)22-46-25(3)26-20-44-23-45-21-26)13-17-42(9)28(35)11-12-31-41(8)16-15-32(52-33(48)19-39(4,5)38(50)51)40(6,7)30(41)14-18-43(31,42)10/h20-21,23-25,27-32,36,46-47H,11-19,22H2,1-10H3,(H,50,51)/t25-,27?,28+,29-,30-,31+,32-,36+,41-,42+,43+/m0/s1. The summed E-state index contributed by atoms with van der Waals surface area (Å²) in [5.41, 5.74) is 2.11. The zero-order chi connectivity index (χ0) is 38.2. The number of aliphatic carboxylic acids is 1. The molecule has 3 N–H and O–H groups in total. The van der Waals surface area contributed by atoms with E-state index in [1.165, 1.54) is 11.9 Å². The number of fused-ring (bicyclic) bond motifs is 7. The first kappa shape index (κ1) is 39.1. The third kappa shape index (κ3) is 6.08. The molecular weight excluding hydrogens is 654 g/mol. The number of ether oxygens (including phenoxy) is 1. The summed E-state index contributed by atoms with van der Waals surface area (Å²) in [6, 6.07) is -0.0399. The molecule has 0 amide bonds. The van der Waals surface area contributed by atoms with Crippen LogP contribution in [0.1, 0.15) is 139 Å². The summed E-state index contributed by atoms with van der Waals surface area (Å²) in [5, 5.41) is 24.8. The van der Waals surface area contributed by atoms with Gasteiger partial charge in [0.15, 0.2) is 5.78 Å². The van der Waals surface area contributed by atoms with Gasteiger partial charge in [-0.15, -0.1) is 0 Å². The second-order valence-corrected chi connectivity index (χ2v) is 19.7. The van der Waals surface area contributed by atoms with Crippen molar-refractivity contribution < 1.29 is 29.3 Å². The molecule has 0 spiro atoms. The summed E-state index contributed by atoms with van der Waals surface area (Å²) in [7, 11) is 0. The summed E-state index contributed by atoms with van der Waals surface area (Å²) >= 11 is 0. The quantitative estimate of drug-likeness (QED) is 0.207. The Morgan fingerprint density at radius 2 is 1.60 bits per heavy atom. The molecule has 1 aromatic heterocycles. The largest absolute Gasteiger partial charge is 0.481 e. The summed E-state index contributed by atoms with van der Waals surface area (Å²) in [6.45, 7) is 22.0. The summed E-state index contributed by atoms with van der Waals surface area (Å²) < 4.78 is 6.16. The molecule has 11 atom stereocenters. The van der Waals surface area contributed by atoms with E-state index >= 15 is 0 Å². The predicted molar refractivity (Wildman–Crippen MR) is 200 cm³/mol. The van der Waals surface area contributed by atoms with E-state index in [2.05, 4.69) is 63.8 Å². The molecule has 4 saturated carbocycles. The molecule has 6 rings (SSSR count). The molecule has 9 heteroatoms. The van der Waals surface area contributed by atoms with E-state index in [4.69, 9.17) is 4.74 Å². The lowest BCUT2D eigenvalue weighted by Crippen LogP contribution is -2.65. The number of nitrogens with one attached hydrogen (secondary N) is 1. The van der Waals surface area contributed by atoms with Crippen molar-refractivity contribution >= 4 is 17.7 Å². The van der Waals surface area contributed by atoms with Crippen LogP contribution in [-0.2, 0) is 19.1 Å². The number of carboxylic acids is 1. The molecule has 1 unspecified atom stereocenters. The molecule has 0 radical (unpaired) electrons. The number of esters is 1. The number of carbonyl (C=O) groups excluding carboxylic acids is 2. The molecule has 5 aliphatic rings. The van der Waals surface area contributed by atoms with Crippen LogP contribution in [0.3, 0.4) is 0 Å². The fraction of sp³-hybridized carbons (Fsp3) is 0.791. The number of carboxylic acid groups (broad SMARTS) is 1. The van der Waals surface area contributed by atoms with Crippen molar-refractivity contribution in [2.45, 2.75) is 145 Å². The Labute approximate surface area is 311 Å². The van der Waals surface area contributed by atoms with E-state index in [1.54, 1.807) is 26.2 Å². The highest BCUT2D eigenvalue weighted by molar-refractivity contribution is 6.02. The number of aromatic nitrogens is 2. The van der Waals surface area contributed by atoms with Crippen molar-refractivity contribution in [1.29, 1.82) is 0 Å². The molecule has 0 aliphatic heterocycles. The van der Waals surface area contributed by atoms with Crippen LogP contribution >= 0.6 is 0 Å². The van der Waals surface area contributed by atoms with Gasteiger partial charge >= 0.3 is 11.9 Å². The summed E-state index contributed by atoms with van der Waals surface area (Å²) in [5.74, 6) is -0.265. The van der Waals surface area contributed by atoms with Crippen molar-refractivity contribution in [1.82, 2.24) is 15.3 Å². The maximum absolute atomic E-state index is 14.4. The molecule has 0 aromatic carbocycles. The molecule has 0 saturated heterocycles. The Hall–Kier alpha value is -2.65. The number of hydrogen-bond donors (Lipinski definition) is 3. The van der Waals surface area contributed by atoms with Gasteiger partial charge in [-0.1, -0.05) is 54.0 Å². The lowest BCUT2D eigenvalue weighted by Gasteiger charge is -2.71. The van der Waals surface area contributed by atoms with Crippen molar-refractivity contribution in [3.8, 4) is 0 Å². The Balaban J connectivity index is 1.22. The molecule has 5 aliphatic carbocycles. The number of ketones is 1. The molecule has 52 heavy (non-hydrogen) atoms. The van der Waals surface area contributed by atoms with E-state index in [-0.39, 0.29) is 57.8 Å². The Bertz CT molecular complexity index is 1590. The average molecular weight is 720 g/mol. The van der Waals surface area contributed by atoms with Crippen LogP contribution in [0.4, 0.5) is 0 Å². The molecule has 9 nitrogen and oxygen atoms in total. The number of hydrogen-bond acceptors (Lipinski definition) is 8. The van der Waals surface area contributed by atoms with Gasteiger partial charge < -0.3 is 20.3 Å². The van der Waals surface area contributed by atoms with Crippen LogP contribution in [0.2, 0.25) is 0 Å². The van der Waals surface area contributed by atoms with Gasteiger partial charge in [0.05, 0.1) is 23.9 Å². The van der Waals surface area contributed by atoms with E-state index in [0.29, 0.717) is 24.3 Å². The van der Waals surface area contributed by atoms with Crippen molar-refractivity contribution in [2.24, 2.45) is 62.6 Å². The van der Waals surface area contributed by atoms with Crippen LogP contribution in [0.25, 0.3) is 0 Å². The number of nitrogens with zero attached hydrogens (tertiary/aromatic N) is 2. The normalized spacial score (nSPS) is 38.1. The highest BCUT2D eigenvalue weighted by atomic mass is 16.5. The van der Waals surface area contributed by atoms with Gasteiger partial charge in [0.2, 0.25) is 0 Å². The predicted octanol–water partition coefficient (Wildman–Crippen LogP) is 7.74. The highest BCUT2D eigenvalue weighted by Gasteiger charge is 2.69. The third-order valence-electron chi connectivity index (χ3n) is 16.0. The van der Waals surface area contributed by atoms with Gasteiger partial charge in [-0.3, -0.25) is 14.4 Å². The minimum atomic E-state index is -1.16. The molecule has 1 aromatic rings. The number of carbonyl (C=O) groups is 3. The van der Waals surface area contributed by atoms with Gasteiger partial charge in [0.25, 0.3) is 0 Å². The maximum atomic E-state index is 14.4. The number of rotatable bonds is 10. The first-order valence-electron chi connectivity index (χ1n) is 20.1. The van der Waals surface area contributed by atoms with Crippen molar-refractivity contribution in [3.05, 3.63) is 35.4 Å². The zero-order valence-electron chi connectivity index (χ0n) is 33.4. The van der Waals surface area contributed by atoms with Gasteiger partial charge in [-0.2, -0.15) is 0 Å².